The second-order valence-corrected chi connectivity index (χ2v) is 4.71. The van der Waals surface area contributed by atoms with Crippen LogP contribution in [-0.2, 0) is 0 Å². The monoisotopic (exact) mass is 264 g/mol. The first-order chi connectivity index (χ1) is 9.09. The van der Waals surface area contributed by atoms with Gasteiger partial charge in [-0.2, -0.15) is 0 Å². The van der Waals surface area contributed by atoms with Crippen LogP contribution in [0, 0.1) is 10.1 Å². The van der Waals surface area contributed by atoms with Gasteiger partial charge in [0.25, 0.3) is 11.6 Å². The number of nitrogens with one attached hydrogen (secondary N) is 1. The summed E-state index contributed by atoms with van der Waals surface area (Å²) in [5.41, 5.74) is -0.185. The van der Waals surface area contributed by atoms with Crippen molar-refractivity contribution in [3.8, 4) is 0 Å². The number of carbonyl (C=O) groups excluding carboxylic acids is 1. The van der Waals surface area contributed by atoms with Gasteiger partial charge in [-0.15, -0.1) is 0 Å². The number of nitro groups is 1. The molecule has 6 nitrogen and oxygen atoms in total. The Hall–Kier alpha value is -1.95. The van der Waals surface area contributed by atoms with Gasteiger partial charge in [0.1, 0.15) is 5.56 Å². The number of carbonyl (C=O) groups is 1. The maximum absolute atomic E-state index is 12.1. The summed E-state index contributed by atoms with van der Waals surface area (Å²) in [7, 11) is 0. The summed E-state index contributed by atoms with van der Waals surface area (Å²) < 4.78 is 0. The largest absolute Gasteiger partial charge is 0.391 e. The smallest absolute Gasteiger partial charge is 0.282 e. The molecule has 19 heavy (non-hydrogen) atoms. The van der Waals surface area contributed by atoms with E-state index >= 15 is 0 Å². The summed E-state index contributed by atoms with van der Waals surface area (Å²) in [5.74, 6) is -0.502. The molecule has 0 spiro atoms. The topological polar surface area (TPSA) is 92.5 Å². The van der Waals surface area contributed by atoms with Crippen LogP contribution in [-0.4, -0.2) is 28.1 Å². The van der Waals surface area contributed by atoms with Crippen LogP contribution in [0.15, 0.2) is 24.3 Å². The van der Waals surface area contributed by atoms with E-state index in [9.17, 15) is 20.0 Å². The lowest BCUT2D eigenvalue weighted by Crippen LogP contribution is -2.45. The molecule has 1 aliphatic rings. The van der Waals surface area contributed by atoms with E-state index in [1.807, 2.05) is 0 Å². The fourth-order valence-corrected chi connectivity index (χ4v) is 2.35. The fraction of sp³-hybridized carbons (Fsp3) is 0.462. The molecule has 1 aliphatic carbocycles. The number of aliphatic hydroxyl groups excluding tert-OH is 1. The number of nitro benzene ring substituents is 1. The van der Waals surface area contributed by atoms with Crippen LogP contribution >= 0.6 is 0 Å². The normalized spacial score (nSPS) is 22.8. The molecule has 2 rings (SSSR count). The highest BCUT2D eigenvalue weighted by Gasteiger charge is 2.27. The predicted molar refractivity (Wildman–Crippen MR) is 68.8 cm³/mol. The maximum atomic E-state index is 12.1. The Kier molecular flexibility index (Phi) is 4.11. The summed E-state index contributed by atoms with van der Waals surface area (Å²) in [6.07, 6.45) is 2.67. The number of aliphatic hydroxyl groups is 1. The lowest BCUT2D eigenvalue weighted by atomic mass is 9.92. The molecule has 0 heterocycles. The van der Waals surface area contributed by atoms with Crippen LogP contribution in [0.1, 0.15) is 36.0 Å². The maximum Gasteiger partial charge on any atom is 0.282 e. The first kappa shape index (κ1) is 13.5. The molecule has 0 bridgehead atoms. The minimum atomic E-state index is -0.577. The van der Waals surface area contributed by atoms with E-state index < -0.39 is 16.9 Å². The first-order valence-electron chi connectivity index (χ1n) is 6.32. The number of nitrogens with zero attached hydrogens (tertiary/aromatic N) is 1. The van der Waals surface area contributed by atoms with E-state index in [2.05, 4.69) is 5.32 Å². The minimum Gasteiger partial charge on any atom is -0.391 e. The molecule has 1 amide bonds. The Balaban J connectivity index is 2.13. The quantitative estimate of drug-likeness (QED) is 0.641. The van der Waals surface area contributed by atoms with E-state index in [0.29, 0.717) is 12.8 Å². The summed E-state index contributed by atoms with van der Waals surface area (Å²) in [4.78, 5) is 22.3. The Bertz CT molecular complexity index is 489. The Morgan fingerprint density at radius 2 is 2.00 bits per heavy atom. The fourth-order valence-electron chi connectivity index (χ4n) is 2.35. The Labute approximate surface area is 110 Å². The molecule has 1 saturated carbocycles. The third-order valence-electron chi connectivity index (χ3n) is 3.39. The van der Waals surface area contributed by atoms with E-state index in [1.165, 1.54) is 18.2 Å². The number of hydrogen-bond acceptors (Lipinski definition) is 4. The van der Waals surface area contributed by atoms with Crippen LogP contribution in [0.2, 0.25) is 0 Å². The molecule has 0 radical (unpaired) electrons. The molecule has 1 aromatic rings. The average molecular weight is 264 g/mol. The van der Waals surface area contributed by atoms with Crippen molar-refractivity contribution in [1.29, 1.82) is 0 Å². The SMILES string of the molecule is O=C(N[C@@H]1CCCC[C@H]1O)c1ccccc1[N+](=O)[O-]. The van der Waals surface area contributed by atoms with Gasteiger partial charge in [-0.25, -0.2) is 0 Å². The number of benzene rings is 1. The Morgan fingerprint density at radius 3 is 2.68 bits per heavy atom. The lowest BCUT2D eigenvalue weighted by molar-refractivity contribution is -0.385. The minimum absolute atomic E-state index is 0.0327. The molecule has 2 atom stereocenters. The molecular formula is C13H16N2O4. The standard InChI is InChI=1S/C13H16N2O4/c16-12-8-4-2-6-10(12)14-13(17)9-5-1-3-7-11(9)15(18)19/h1,3,5,7,10,12,16H,2,4,6,8H2,(H,14,17)/t10-,12-/m1/s1. The summed E-state index contributed by atoms with van der Waals surface area (Å²) in [6, 6.07) is 5.50. The van der Waals surface area contributed by atoms with Crippen LogP contribution < -0.4 is 5.32 Å². The van der Waals surface area contributed by atoms with Gasteiger partial charge in [0.2, 0.25) is 0 Å². The van der Waals surface area contributed by atoms with Crippen molar-refractivity contribution < 1.29 is 14.8 Å². The molecule has 0 aromatic heterocycles. The highest BCUT2D eigenvalue weighted by atomic mass is 16.6. The predicted octanol–water partition coefficient (Wildman–Crippen LogP) is 1.63. The summed E-state index contributed by atoms with van der Waals surface area (Å²) in [5, 5.41) is 23.3. The molecule has 0 saturated heterocycles. The highest BCUT2D eigenvalue weighted by Crippen LogP contribution is 2.21. The summed E-state index contributed by atoms with van der Waals surface area (Å²) >= 11 is 0. The van der Waals surface area contributed by atoms with Crippen LogP contribution in [0.3, 0.4) is 0 Å². The summed E-state index contributed by atoms with van der Waals surface area (Å²) in [6.45, 7) is 0. The van der Waals surface area contributed by atoms with Crippen molar-refractivity contribution in [2.24, 2.45) is 0 Å². The third kappa shape index (κ3) is 3.08. The van der Waals surface area contributed by atoms with E-state index in [1.54, 1.807) is 6.07 Å². The highest BCUT2D eigenvalue weighted by molar-refractivity contribution is 5.98. The average Bonchev–Trinajstić information content (AvgIpc) is 2.41. The zero-order valence-electron chi connectivity index (χ0n) is 10.4. The van der Waals surface area contributed by atoms with Gasteiger partial charge in [0.15, 0.2) is 0 Å². The van der Waals surface area contributed by atoms with Crippen molar-refractivity contribution in [3.63, 3.8) is 0 Å². The second kappa shape index (κ2) is 5.79. The van der Waals surface area contributed by atoms with E-state index in [-0.39, 0.29) is 17.3 Å². The van der Waals surface area contributed by atoms with Gasteiger partial charge >= 0.3 is 0 Å². The van der Waals surface area contributed by atoms with E-state index in [0.717, 1.165) is 12.8 Å². The third-order valence-corrected chi connectivity index (χ3v) is 3.39. The van der Waals surface area contributed by atoms with Crippen molar-refractivity contribution in [1.82, 2.24) is 5.32 Å². The molecule has 0 unspecified atom stereocenters. The first-order valence-corrected chi connectivity index (χ1v) is 6.32. The number of para-hydroxylation sites is 1. The molecule has 6 heteroatoms. The Morgan fingerprint density at radius 1 is 1.32 bits per heavy atom. The van der Waals surface area contributed by atoms with Gasteiger partial charge in [-0.1, -0.05) is 25.0 Å². The molecule has 1 aromatic carbocycles. The lowest BCUT2D eigenvalue weighted by Gasteiger charge is -2.28. The number of hydrogen-bond donors (Lipinski definition) is 2. The molecule has 2 N–H and O–H groups in total. The van der Waals surface area contributed by atoms with Crippen LogP contribution in [0.25, 0.3) is 0 Å². The number of rotatable bonds is 3. The van der Waals surface area contributed by atoms with Crippen molar-refractivity contribution >= 4 is 11.6 Å². The second-order valence-electron chi connectivity index (χ2n) is 4.71. The van der Waals surface area contributed by atoms with Gasteiger partial charge in [0.05, 0.1) is 17.1 Å². The molecule has 1 fully saturated rings. The van der Waals surface area contributed by atoms with Crippen molar-refractivity contribution in [3.05, 3.63) is 39.9 Å². The molecular weight excluding hydrogens is 248 g/mol. The van der Waals surface area contributed by atoms with Crippen molar-refractivity contribution in [2.45, 2.75) is 37.8 Å². The van der Waals surface area contributed by atoms with Gasteiger partial charge < -0.3 is 10.4 Å². The zero-order chi connectivity index (χ0) is 13.8. The molecule has 102 valence electrons. The van der Waals surface area contributed by atoms with Gasteiger partial charge in [-0.05, 0) is 18.9 Å². The van der Waals surface area contributed by atoms with Crippen LogP contribution in [0.5, 0.6) is 0 Å². The molecule has 0 aliphatic heterocycles. The van der Waals surface area contributed by atoms with Crippen LogP contribution in [0.4, 0.5) is 5.69 Å². The van der Waals surface area contributed by atoms with E-state index in [4.69, 9.17) is 0 Å². The van der Waals surface area contributed by atoms with Crippen molar-refractivity contribution in [2.75, 3.05) is 0 Å². The number of amides is 1. The van der Waals surface area contributed by atoms with Gasteiger partial charge in [0, 0.05) is 6.07 Å². The van der Waals surface area contributed by atoms with Gasteiger partial charge in [-0.3, -0.25) is 14.9 Å². The zero-order valence-corrected chi connectivity index (χ0v) is 10.4.